The van der Waals surface area contributed by atoms with Gasteiger partial charge in [-0.15, -0.1) is 5.10 Å². The molecular weight excluding hydrogens is 435 g/mol. The molecular formula is C20H15ClF3N5S. The minimum atomic E-state index is -4.45. The summed E-state index contributed by atoms with van der Waals surface area (Å²) in [4.78, 5) is 0.700. The predicted octanol–water partition coefficient (Wildman–Crippen LogP) is 5.34. The lowest BCUT2D eigenvalue weighted by atomic mass is 10.2. The molecule has 0 radical (unpaired) electrons. The van der Waals surface area contributed by atoms with Gasteiger partial charge in [-0.3, -0.25) is 0 Å². The fraction of sp³-hybridized carbons (Fsp3) is 0.150. The second-order valence-electron chi connectivity index (χ2n) is 6.51. The second kappa shape index (κ2) is 7.73. The Bertz CT molecular complexity index is 1330. The van der Waals surface area contributed by atoms with E-state index in [4.69, 9.17) is 11.6 Å². The number of alkyl halides is 3. The van der Waals surface area contributed by atoms with Crippen molar-refractivity contribution in [3.8, 4) is 5.69 Å². The summed E-state index contributed by atoms with van der Waals surface area (Å²) in [6, 6.07) is 12.7. The molecule has 2 heterocycles. The summed E-state index contributed by atoms with van der Waals surface area (Å²) in [6.07, 6.45) is -2.99. The second-order valence-corrected chi connectivity index (χ2v) is 7.87. The first-order valence-corrected chi connectivity index (χ1v) is 9.99. The number of hydrogen-bond donors (Lipinski definition) is 0. The van der Waals surface area contributed by atoms with Gasteiger partial charge in [-0.25, -0.2) is 4.68 Å². The van der Waals surface area contributed by atoms with Crippen molar-refractivity contribution in [3.05, 3.63) is 75.3 Å². The standard InChI is InChI=1S/C20H15ClF3N5S/c1-12-15(11-25-26-19-28(2)16-8-3-4-9-17(16)30-19)18(21)29(27-12)14-7-5-6-13(10-14)20(22,23)24/h3-11H,1-2H3/b25-11-,26-19+. The summed E-state index contributed by atoms with van der Waals surface area (Å²) >= 11 is 7.89. The Labute approximate surface area is 178 Å². The summed E-state index contributed by atoms with van der Waals surface area (Å²) in [7, 11) is 1.90. The van der Waals surface area contributed by atoms with Crippen molar-refractivity contribution in [2.45, 2.75) is 13.1 Å². The number of aromatic nitrogens is 3. The van der Waals surface area contributed by atoms with Crippen LogP contribution in [-0.4, -0.2) is 20.6 Å². The van der Waals surface area contributed by atoms with Gasteiger partial charge in [-0.05, 0) is 37.3 Å². The van der Waals surface area contributed by atoms with Crippen molar-refractivity contribution in [2.75, 3.05) is 0 Å². The predicted molar refractivity (Wildman–Crippen MR) is 112 cm³/mol. The van der Waals surface area contributed by atoms with E-state index in [0.717, 1.165) is 22.3 Å². The van der Waals surface area contributed by atoms with E-state index in [1.165, 1.54) is 34.4 Å². The van der Waals surface area contributed by atoms with Crippen LogP contribution in [0, 0.1) is 6.92 Å². The maximum absolute atomic E-state index is 13.0. The molecule has 0 saturated heterocycles. The number of benzene rings is 2. The molecule has 5 nitrogen and oxygen atoms in total. The van der Waals surface area contributed by atoms with Crippen LogP contribution in [0.5, 0.6) is 0 Å². The minimum absolute atomic E-state index is 0.159. The number of rotatable bonds is 3. The third kappa shape index (κ3) is 3.78. The Morgan fingerprint density at radius 1 is 1.13 bits per heavy atom. The van der Waals surface area contributed by atoms with Crippen LogP contribution in [-0.2, 0) is 13.2 Å². The molecule has 0 bridgehead atoms. The normalized spacial score (nSPS) is 13.1. The van der Waals surface area contributed by atoms with Gasteiger partial charge in [0.25, 0.3) is 0 Å². The number of halogens is 4. The van der Waals surface area contributed by atoms with E-state index in [0.29, 0.717) is 16.1 Å². The highest BCUT2D eigenvalue weighted by atomic mass is 35.5. The Morgan fingerprint density at radius 3 is 2.63 bits per heavy atom. The topological polar surface area (TPSA) is 47.5 Å². The summed E-state index contributed by atoms with van der Waals surface area (Å²) in [5.41, 5.74) is 1.50. The first-order valence-electron chi connectivity index (χ1n) is 8.80. The zero-order chi connectivity index (χ0) is 21.5. The summed E-state index contributed by atoms with van der Waals surface area (Å²) < 4.78 is 43.3. The monoisotopic (exact) mass is 449 g/mol. The first-order chi connectivity index (χ1) is 14.3. The van der Waals surface area contributed by atoms with E-state index >= 15 is 0 Å². The largest absolute Gasteiger partial charge is 0.416 e. The van der Waals surface area contributed by atoms with Crippen LogP contribution in [0.15, 0.2) is 58.7 Å². The van der Waals surface area contributed by atoms with Crippen molar-refractivity contribution in [2.24, 2.45) is 17.3 Å². The SMILES string of the molecule is Cc1nn(-c2cccc(C(F)(F)F)c2)c(Cl)c1/C=N\N=c1\sc2ccccc2n1C. The van der Waals surface area contributed by atoms with Gasteiger partial charge in [-0.2, -0.15) is 23.4 Å². The molecule has 2 aromatic heterocycles. The van der Waals surface area contributed by atoms with Crippen molar-refractivity contribution in [1.82, 2.24) is 14.3 Å². The minimum Gasteiger partial charge on any atom is -0.318 e. The number of nitrogens with zero attached hydrogens (tertiary/aromatic N) is 5. The summed E-state index contributed by atoms with van der Waals surface area (Å²) in [5.74, 6) is 0. The molecule has 0 atom stereocenters. The molecule has 0 amide bonds. The van der Waals surface area contributed by atoms with Crippen molar-refractivity contribution in [1.29, 1.82) is 0 Å². The maximum Gasteiger partial charge on any atom is 0.416 e. The average Bonchev–Trinajstić information content (AvgIpc) is 3.18. The van der Waals surface area contributed by atoms with E-state index in [9.17, 15) is 13.2 Å². The highest BCUT2D eigenvalue weighted by Crippen LogP contribution is 2.31. The Balaban J connectivity index is 1.70. The van der Waals surface area contributed by atoms with Crippen LogP contribution >= 0.6 is 22.9 Å². The van der Waals surface area contributed by atoms with Gasteiger partial charge in [0, 0.05) is 7.05 Å². The molecule has 0 spiro atoms. The Morgan fingerprint density at radius 2 is 1.90 bits per heavy atom. The van der Waals surface area contributed by atoms with Gasteiger partial charge < -0.3 is 4.57 Å². The van der Waals surface area contributed by atoms with Crippen LogP contribution in [0.4, 0.5) is 13.2 Å². The van der Waals surface area contributed by atoms with Gasteiger partial charge >= 0.3 is 6.18 Å². The first kappa shape index (κ1) is 20.4. The van der Waals surface area contributed by atoms with E-state index in [1.807, 2.05) is 35.9 Å². The number of aryl methyl sites for hydroxylation is 2. The van der Waals surface area contributed by atoms with Gasteiger partial charge in [0.15, 0.2) is 0 Å². The van der Waals surface area contributed by atoms with Crippen molar-refractivity contribution < 1.29 is 13.2 Å². The maximum atomic E-state index is 13.0. The average molecular weight is 450 g/mol. The lowest BCUT2D eigenvalue weighted by Crippen LogP contribution is -2.08. The quantitative estimate of drug-likeness (QED) is 0.307. The van der Waals surface area contributed by atoms with E-state index in [2.05, 4.69) is 15.3 Å². The van der Waals surface area contributed by atoms with Gasteiger partial charge in [0.1, 0.15) is 5.15 Å². The Hall–Kier alpha value is -2.91. The molecule has 10 heteroatoms. The van der Waals surface area contributed by atoms with Crippen LogP contribution in [0.3, 0.4) is 0 Å². The smallest absolute Gasteiger partial charge is 0.318 e. The number of thiazole rings is 1. The molecule has 0 saturated carbocycles. The van der Waals surface area contributed by atoms with Gasteiger partial charge in [0.2, 0.25) is 4.80 Å². The molecule has 154 valence electrons. The molecule has 0 aliphatic rings. The number of para-hydroxylation sites is 1. The molecule has 30 heavy (non-hydrogen) atoms. The third-order valence-electron chi connectivity index (χ3n) is 4.51. The van der Waals surface area contributed by atoms with E-state index in [1.54, 1.807) is 6.92 Å². The molecule has 0 N–H and O–H groups in total. The number of fused-ring (bicyclic) bond motifs is 1. The molecule has 0 aliphatic carbocycles. The lowest BCUT2D eigenvalue weighted by Gasteiger charge is -2.09. The van der Waals surface area contributed by atoms with Crippen molar-refractivity contribution in [3.63, 3.8) is 0 Å². The summed E-state index contributed by atoms with van der Waals surface area (Å²) in [5, 5.41) is 12.8. The zero-order valence-corrected chi connectivity index (χ0v) is 17.4. The molecule has 0 fully saturated rings. The van der Waals surface area contributed by atoms with Crippen LogP contribution < -0.4 is 4.80 Å². The summed E-state index contributed by atoms with van der Waals surface area (Å²) in [6.45, 7) is 1.71. The fourth-order valence-electron chi connectivity index (χ4n) is 2.96. The molecule has 0 unspecified atom stereocenters. The molecule has 4 rings (SSSR count). The van der Waals surface area contributed by atoms with E-state index < -0.39 is 11.7 Å². The Kier molecular flexibility index (Phi) is 5.25. The third-order valence-corrected chi connectivity index (χ3v) is 5.98. The van der Waals surface area contributed by atoms with Gasteiger partial charge in [-0.1, -0.05) is 41.1 Å². The lowest BCUT2D eigenvalue weighted by molar-refractivity contribution is -0.137. The zero-order valence-electron chi connectivity index (χ0n) is 15.9. The highest BCUT2D eigenvalue weighted by Gasteiger charge is 2.30. The molecule has 2 aromatic carbocycles. The van der Waals surface area contributed by atoms with Crippen LogP contribution in [0.2, 0.25) is 5.15 Å². The van der Waals surface area contributed by atoms with Gasteiger partial charge in [0.05, 0.1) is 38.9 Å². The van der Waals surface area contributed by atoms with Crippen molar-refractivity contribution >= 4 is 39.4 Å². The van der Waals surface area contributed by atoms with Crippen LogP contribution in [0.25, 0.3) is 15.9 Å². The highest BCUT2D eigenvalue weighted by molar-refractivity contribution is 7.16. The fourth-order valence-corrected chi connectivity index (χ4v) is 4.25. The number of hydrogen-bond acceptors (Lipinski definition) is 4. The van der Waals surface area contributed by atoms with Crippen LogP contribution in [0.1, 0.15) is 16.8 Å². The molecule has 4 aromatic rings. The van der Waals surface area contributed by atoms with E-state index in [-0.39, 0.29) is 10.8 Å². The molecule has 0 aliphatic heterocycles.